The van der Waals surface area contributed by atoms with E-state index in [1.54, 1.807) is 40.3 Å². The molecule has 14 heteroatoms. The van der Waals surface area contributed by atoms with Crippen molar-refractivity contribution in [3.63, 3.8) is 0 Å². The second kappa shape index (κ2) is 13.3. The molecule has 0 bridgehead atoms. The van der Waals surface area contributed by atoms with Gasteiger partial charge in [-0.1, -0.05) is 59.8 Å². The topological polar surface area (TPSA) is 115 Å². The molecule has 4 atom stereocenters. The van der Waals surface area contributed by atoms with Crippen LogP contribution in [-0.4, -0.2) is 91.8 Å². The van der Waals surface area contributed by atoms with Crippen LogP contribution in [0.15, 0.2) is 66.3 Å². The highest BCUT2D eigenvalue weighted by Gasteiger charge is 2.52. The molecular formula is C32H30Cl2FN7O3S. The summed E-state index contributed by atoms with van der Waals surface area (Å²) in [6.07, 6.45) is 10.5. The Labute approximate surface area is 279 Å². The minimum absolute atomic E-state index is 0.105. The maximum Gasteiger partial charge on any atom is 0.333 e. The van der Waals surface area contributed by atoms with Crippen molar-refractivity contribution >= 4 is 67.7 Å². The highest BCUT2D eigenvalue weighted by Crippen LogP contribution is 2.32. The number of carbonyl (C=O) groups excluding carboxylic acids is 3. The Morgan fingerprint density at radius 1 is 1.20 bits per heavy atom. The molecule has 2 unspecified atom stereocenters. The predicted molar refractivity (Wildman–Crippen MR) is 176 cm³/mol. The van der Waals surface area contributed by atoms with Gasteiger partial charge in [0, 0.05) is 19.5 Å². The summed E-state index contributed by atoms with van der Waals surface area (Å²) in [6, 6.07) is 10.1. The van der Waals surface area contributed by atoms with Gasteiger partial charge in [-0.3, -0.25) is 9.59 Å². The zero-order chi connectivity index (χ0) is 32.5. The molecule has 2 fully saturated rings. The fourth-order valence-corrected chi connectivity index (χ4v) is 7.19. The van der Waals surface area contributed by atoms with E-state index < -0.39 is 29.4 Å². The minimum Gasteiger partial charge on any atom is -0.375 e. The fourth-order valence-electron chi connectivity index (χ4n) is 6.02. The minimum atomic E-state index is -0.904. The molecule has 10 nitrogen and oxygen atoms in total. The lowest BCUT2D eigenvalue weighted by Crippen LogP contribution is -2.66. The molecule has 4 amide bonds. The van der Waals surface area contributed by atoms with E-state index in [1.807, 2.05) is 18.2 Å². The summed E-state index contributed by atoms with van der Waals surface area (Å²) in [4.78, 5) is 49.0. The number of piperazine rings is 1. The van der Waals surface area contributed by atoms with Gasteiger partial charge in [-0.2, -0.15) is 5.01 Å². The number of nitrogen functional groups attached to an aromatic ring is 1. The number of aromatic nitrogens is 1. The number of hydrazine groups is 1. The van der Waals surface area contributed by atoms with Crippen LogP contribution in [-0.2, 0) is 22.6 Å². The average molecular weight is 683 g/mol. The number of halogens is 3. The lowest BCUT2D eigenvalue weighted by atomic mass is 10.00. The van der Waals surface area contributed by atoms with E-state index in [0.29, 0.717) is 16.2 Å². The monoisotopic (exact) mass is 681 g/mol. The Bertz CT molecular complexity index is 1780. The number of rotatable bonds is 8. The van der Waals surface area contributed by atoms with Crippen LogP contribution in [0.4, 0.5) is 14.3 Å². The van der Waals surface area contributed by atoms with Crippen molar-refractivity contribution in [3.8, 4) is 12.3 Å². The Morgan fingerprint density at radius 3 is 2.72 bits per heavy atom. The van der Waals surface area contributed by atoms with Gasteiger partial charge in [0.15, 0.2) is 5.13 Å². The number of nitrogens with one attached hydrogen (secondary N) is 1. The summed E-state index contributed by atoms with van der Waals surface area (Å²) in [6.45, 7) is 0.188. The summed E-state index contributed by atoms with van der Waals surface area (Å²) >= 11 is 13.8. The first kappa shape index (κ1) is 31.8. The number of allylic oxidation sites excluding steroid dienone is 2. The number of fused-ring (bicyclic) bond motifs is 2. The van der Waals surface area contributed by atoms with Crippen molar-refractivity contribution in [1.82, 2.24) is 30.1 Å². The number of nitrogens with two attached hydrogens (primary N) is 1. The van der Waals surface area contributed by atoms with Crippen molar-refractivity contribution in [2.24, 2.45) is 0 Å². The first-order valence-corrected chi connectivity index (χ1v) is 16.2. The van der Waals surface area contributed by atoms with Gasteiger partial charge in [0.1, 0.15) is 18.0 Å². The van der Waals surface area contributed by atoms with Gasteiger partial charge in [0.05, 0.1) is 40.6 Å². The molecule has 3 heterocycles. The van der Waals surface area contributed by atoms with E-state index in [4.69, 9.17) is 35.4 Å². The lowest BCUT2D eigenvalue weighted by Gasteiger charge is -2.46. The van der Waals surface area contributed by atoms with E-state index in [1.165, 1.54) is 33.4 Å². The molecule has 2 aliphatic heterocycles. The number of benzene rings is 2. The number of hydrogen-bond acceptors (Lipinski definition) is 7. The lowest BCUT2D eigenvalue weighted by molar-refractivity contribution is -0.157. The number of alkyl halides is 2. The van der Waals surface area contributed by atoms with Crippen LogP contribution in [0, 0.1) is 18.2 Å². The van der Waals surface area contributed by atoms with Crippen LogP contribution in [0.3, 0.4) is 0 Å². The van der Waals surface area contributed by atoms with Crippen molar-refractivity contribution in [1.29, 1.82) is 0 Å². The number of carbonyl (C=O) groups is 3. The van der Waals surface area contributed by atoms with Crippen LogP contribution in [0.1, 0.15) is 11.1 Å². The molecule has 0 spiro atoms. The van der Waals surface area contributed by atoms with E-state index >= 15 is 0 Å². The summed E-state index contributed by atoms with van der Waals surface area (Å²) in [5.41, 5.74) is 8.95. The molecule has 2 saturated heterocycles. The van der Waals surface area contributed by atoms with Crippen molar-refractivity contribution in [2.45, 2.75) is 35.9 Å². The van der Waals surface area contributed by atoms with Crippen LogP contribution in [0.5, 0.6) is 0 Å². The van der Waals surface area contributed by atoms with Gasteiger partial charge in [0.2, 0.25) is 11.8 Å². The SMILES string of the molecule is C#CCN(C(=O)NCC1=CC(Cl)C(Cl)C=C1)N1CC(=O)N2[C@@H](Cc3ccc(F)cc3)C(=O)N(Cc3cccc4sc(N)nc34)C[C@@H]21. The second-order valence-corrected chi connectivity index (χ2v) is 13.2. The van der Waals surface area contributed by atoms with Crippen molar-refractivity contribution in [3.05, 3.63) is 83.2 Å². The first-order chi connectivity index (χ1) is 22.1. The third-order valence-corrected chi connectivity index (χ3v) is 9.98. The van der Waals surface area contributed by atoms with Crippen LogP contribution >= 0.6 is 34.5 Å². The van der Waals surface area contributed by atoms with Gasteiger partial charge in [0.25, 0.3) is 0 Å². The summed E-state index contributed by atoms with van der Waals surface area (Å²) in [5.74, 6) is 1.51. The Hall–Kier alpha value is -4.15. The number of urea groups is 1. The Morgan fingerprint density at radius 2 is 1.98 bits per heavy atom. The highest BCUT2D eigenvalue weighted by molar-refractivity contribution is 7.22. The number of thiazole rings is 1. The Kier molecular flexibility index (Phi) is 9.20. The van der Waals surface area contributed by atoms with Crippen LogP contribution in [0.25, 0.3) is 10.2 Å². The average Bonchev–Trinajstić information content (AvgIpc) is 3.58. The number of amides is 4. The van der Waals surface area contributed by atoms with E-state index in [2.05, 4.69) is 16.2 Å². The third-order valence-electron chi connectivity index (χ3n) is 8.19. The molecule has 0 radical (unpaired) electrons. The molecule has 238 valence electrons. The zero-order valence-corrected chi connectivity index (χ0v) is 26.8. The molecule has 0 saturated carbocycles. The van der Waals surface area contributed by atoms with Crippen molar-refractivity contribution < 1.29 is 18.8 Å². The number of hydrogen-bond donors (Lipinski definition) is 2. The van der Waals surface area contributed by atoms with Gasteiger partial charge >= 0.3 is 6.03 Å². The molecule has 1 aromatic heterocycles. The van der Waals surface area contributed by atoms with Gasteiger partial charge < -0.3 is 20.9 Å². The fraction of sp³-hybridized carbons (Fsp3) is 0.312. The quantitative estimate of drug-likeness (QED) is 0.277. The van der Waals surface area contributed by atoms with Crippen LogP contribution in [0.2, 0.25) is 0 Å². The number of para-hydroxylation sites is 1. The number of anilines is 1. The third kappa shape index (κ3) is 6.41. The van der Waals surface area contributed by atoms with Crippen LogP contribution < -0.4 is 11.1 Å². The Balaban J connectivity index is 1.30. The zero-order valence-electron chi connectivity index (χ0n) is 24.5. The maximum absolute atomic E-state index is 14.1. The van der Waals surface area contributed by atoms with E-state index in [-0.39, 0.29) is 56.3 Å². The predicted octanol–water partition coefficient (Wildman–Crippen LogP) is 3.71. The van der Waals surface area contributed by atoms with Gasteiger partial charge in [-0.15, -0.1) is 29.6 Å². The second-order valence-electron chi connectivity index (χ2n) is 11.2. The molecule has 1 aliphatic carbocycles. The molecule has 46 heavy (non-hydrogen) atoms. The van der Waals surface area contributed by atoms with E-state index in [9.17, 15) is 18.8 Å². The highest BCUT2D eigenvalue weighted by atomic mass is 35.5. The van der Waals surface area contributed by atoms with Gasteiger partial charge in [-0.25, -0.2) is 19.2 Å². The maximum atomic E-state index is 14.1. The number of terminal acetylenes is 1. The summed E-state index contributed by atoms with van der Waals surface area (Å²) in [7, 11) is 0. The summed E-state index contributed by atoms with van der Waals surface area (Å²) in [5, 5.41) is 5.45. The smallest absolute Gasteiger partial charge is 0.333 e. The summed E-state index contributed by atoms with van der Waals surface area (Å²) < 4.78 is 14.6. The standard InChI is InChI=1S/C32H30Cl2FN7O3S/c1-2-12-40(32(45)37-15-20-8-11-23(33)24(34)13-20)41-18-28(43)42-25(14-19-6-9-22(35)10-7-19)30(44)39(17-27(41)42)16-21-4-3-5-26-29(21)38-31(36)46-26/h1,3-11,13,23-25,27H,12,14-18H2,(H2,36,38)(H,37,45)/t23?,24?,25-,27+/m0/s1. The van der Waals surface area contributed by atoms with Gasteiger partial charge in [-0.05, 0) is 34.9 Å². The molecule has 2 aromatic carbocycles. The van der Waals surface area contributed by atoms with Crippen molar-refractivity contribution in [2.75, 3.05) is 31.9 Å². The normalized spacial score (nSPS) is 23.0. The largest absolute Gasteiger partial charge is 0.375 e. The molecule has 3 aromatic rings. The number of nitrogens with zero attached hydrogens (tertiary/aromatic N) is 5. The molecule has 3 aliphatic rings. The molecule has 6 rings (SSSR count). The van der Waals surface area contributed by atoms with E-state index in [0.717, 1.165) is 15.8 Å². The molecule has 3 N–H and O–H groups in total. The molecular weight excluding hydrogens is 652 g/mol. The first-order valence-electron chi connectivity index (χ1n) is 14.5.